The molecule has 266 valence electrons. The van der Waals surface area contributed by atoms with Crippen molar-refractivity contribution in [1.29, 1.82) is 0 Å². The van der Waals surface area contributed by atoms with Crippen LogP contribution in [-0.2, 0) is 0 Å². The summed E-state index contributed by atoms with van der Waals surface area (Å²) in [6.07, 6.45) is 0. The van der Waals surface area contributed by atoms with E-state index < -0.39 is 0 Å². The van der Waals surface area contributed by atoms with Gasteiger partial charge in [0.1, 0.15) is 0 Å². The molecule has 0 unspecified atom stereocenters. The van der Waals surface area contributed by atoms with Crippen molar-refractivity contribution in [3.8, 4) is 61.8 Å². The highest BCUT2D eigenvalue weighted by Crippen LogP contribution is 2.36. The Balaban J connectivity index is 0.918. The zero-order chi connectivity index (χ0) is 37.7. The van der Waals surface area contributed by atoms with E-state index in [0.717, 1.165) is 44.9 Å². The fourth-order valence-corrected chi connectivity index (χ4v) is 8.42. The minimum Gasteiger partial charge on any atom is -0.309 e. The van der Waals surface area contributed by atoms with Gasteiger partial charge in [0.05, 0.1) is 22.4 Å². The van der Waals surface area contributed by atoms with E-state index in [1.54, 1.807) is 0 Å². The summed E-state index contributed by atoms with van der Waals surface area (Å²) in [5, 5.41) is 7.27. The van der Waals surface area contributed by atoms with E-state index in [0.29, 0.717) is 5.82 Å². The fourth-order valence-electron chi connectivity index (χ4n) is 8.42. The number of nitrogens with zero attached hydrogens (tertiary/aromatic N) is 3. The van der Waals surface area contributed by atoms with Gasteiger partial charge in [-0.05, 0) is 74.1 Å². The average molecular weight is 726 g/mol. The minimum atomic E-state index is 0.703. The van der Waals surface area contributed by atoms with Gasteiger partial charge in [0, 0.05) is 33.2 Å². The molecule has 0 radical (unpaired) electrons. The second-order valence-electron chi connectivity index (χ2n) is 14.6. The lowest BCUT2D eigenvalue weighted by atomic mass is 9.98. The van der Waals surface area contributed by atoms with Crippen molar-refractivity contribution < 1.29 is 0 Å². The Kier molecular flexibility index (Phi) is 7.82. The van der Waals surface area contributed by atoms with Gasteiger partial charge in [-0.2, -0.15) is 0 Å². The summed E-state index contributed by atoms with van der Waals surface area (Å²) in [4.78, 5) is 10.4. The number of aromatic nitrogens is 3. The lowest BCUT2D eigenvalue weighted by molar-refractivity contribution is 1.18. The van der Waals surface area contributed by atoms with E-state index in [1.807, 2.05) is 0 Å². The molecule has 9 aromatic carbocycles. The summed E-state index contributed by atoms with van der Waals surface area (Å²) in [6, 6.07) is 75.7. The van der Waals surface area contributed by atoms with Gasteiger partial charge in [-0.25, -0.2) is 9.97 Å². The van der Waals surface area contributed by atoms with E-state index in [-0.39, 0.29) is 0 Å². The summed E-state index contributed by atoms with van der Waals surface area (Å²) in [5.74, 6) is 0.703. The Hall–Kier alpha value is -7.62. The van der Waals surface area contributed by atoms with E-state index in [2.05, 4.69) is 217 Å². The van der Waals surface area contributed by atoms with Gasteiger partial charge in [-0.1, -0.05) is 182 Å². The van der Waals surface area contributed by atoms with Gasteiger partial charge in [-0.3, -0.25) is 0 Å². The van der Waals surface area contributed by atoms with Crippen molar-refractivity contribution in [2.75, 3.05) is 0 Å². The van der Waals surface area contributed by atoms with Crippen LogP contribution < -0.4 is 0 Å². The first-order valence-electron chi connectivity index (χ1n) is 19.4. The molecule has 0 aliphatic rings. The minimum absolute atomic E-state index is 0.703. The molecule has 0 spiro atoms. The second-order valence-corrected chi connectivity index (χ2v) is 14.6. The SMILES string of the molecule is c1ccc2c(-c3cc(-c4cccc5ccccc45)nc(-c4ccc(-c5ccc(-c6ccc(-n7c8ccccc8c8ccccc87)cc6)cc5)cc4)n3)cccc2c1. The molecule has 0 fully saturated rings. The monoisotopic (exact) mass is 725 g/mol. The summed E-state index contributed by atoms with van der Waals surface area (Å²) in [6.45, 7) is 0. The molecular weight excluding hydrogens is 691 g/mol. The van der Waals surface area contributed by atoms with Crippen LogP contribution >= 0.6 is 0 Å². The molecule has 57 heavy (non-hydrogen) atoms. The molecule has 0 saturated heterocycles. The van der Waals surface area contributed by atoms with Gasteiger partial charge < -0.3 is 4.57 Å². The highest BCUT2D eigenvalue weighted by atomic mass is 15.0. The lowest BCUT2D eigenvalue weighted by Crippen LogP contribution is -1.97. The first-order valence-corrected chi connectivity index (χ1v) is 19.4. The van der Waals surface area contributed by atoms with Crippen LogP contribution in [0.1, 0.15) is 0 Å². The van der Waals surface area contributed by atoms with Crippen LogP contribution in [0.4, 0.5) is 0 Å². The molecule has 11 aromatic rings. The molecule has 0 aliphatic carbocycles. The Labute approximate surface area is 330 Å². The van der Waals surface area contributed by atoms with Crippen molar-refractivity contribution in [3.63, 3.8) is 0 Å². The maximum atomic E-state index is 5.22. The third kappa shape index (κ3) is 5.76. The Morgan fingerprint density at radius 3 is 1.14 bits per heavy atom. The largest absolute Gasteiger partial charge is 0.309 e. The highest BCUT2D eigenvalue weighted by molar-refractivity contribution is 6.09. The maximum Gasteiger partial charge on any atom is 0.160 e. The molecule has 0 aliphatic heterocycles. The van der Waals surface area contributed by atoms with E-state index in [4.69, 9.17) is 9.97 Å². The van der Waals surface area contributed by atoms with Gasteiger partial charge in [-0.15, -0.1) is 0 Å². The van der Waals surface area contributed by atoms with E-state index in [9.17, 15) is 0 Å². The van der Waals surface area contributed by atoms with Crippen LogP contribution in [0.5, 0.6) is 0 Å². The third-order valence-corrected chi connectivity index (χ3v) is 11.3. The average Bonchev–Trinajstić information content (AvgIpc) is 3.63. The highest BCUT2D eigenvalue weighted by Gasteiger charge is 2.15. The quantitative estimate of drug-likeness (QED) is 0.171. The molecule has 0 saturated carbocycles. The standard InChI is InChI=1S/C54H35N3/c1-3-15-44-40(11-1)13-9-19-46(44)50-35-51(47-20-10-14-41-12-2-4-16-45(41)47)56-54(55-50)42-29-27-38(28-30-42)36-23-25-37(26-24-36)39-31-33-43(34-32-39)57-52-21-7-5-17-48(52)49-18-6-8-22-53(49)57/h1-35H. The van der Waals surface area contributed by atoms with Crippen LogP contribution in [0.3, 0.4) is 0 Å². The number of benzene rings is 9. The Morgan fingerprint density at radius 2 is 0.667 bits per heavy atom. The second kappa shape index (κ2) is 13.6. The topological polar surface area (TPSA) is 30.7 Å². The summed E-state index contributed by atoms with van der Waals surface area (Å²) >= 11 is 0. The first kappa shape index (κ1) is 32.8. The molecule has 2 aromatic heterocycles. The molecule has 3 nitrogen and oxygen atoms in total. The van der Waals surface area contributed by atoms with Gasteiger partial charge >= 0.3 is 0 Å². The zero-order valence-corrected chi connectivity index (χ0v) is 31.0. The van der Waals surface area contributed by atoms with Crippen LogP contribution in [0, 0.1) is 0 Å². The molecule has 0 N–H and O–H groups in total. The normalized spacial score (nSPS) is 11.5. The van der Waals surface area contributed by atoms with Crippen molar-refractivity contribution >= 4 is 43.4 Å². The number of hydrogen-bond donors (Lipinski definition) is 0. The Bertz CT molecular complexity index is 3100. The van der Waals surface area contributed by atoms with Crippen molar-refractivity contribution in [1.82, 2.24) is 14.5 Å². The van der Waals surface area contributed by atoms with Crippen LogP contribution in [0.15, 0.2) is 212 Å². The van der Waals surface area contributed by atoms with Crippen molar-refractivity contribution in [2.24, 2.45) is 0 Å². The predicted molar refractivity (Wildman–Crippen MR) is 239 cm³/mol. The Morgan fingerprint density at radius 1 is 0.298 bits per heavy atom. The van der Waals surface area contributed by atoms with Gasteiger partial charge in [0.2, 0.25) is 0 Å². The fraction of sp³-hybridized carbons (Fsp3) is 0. The molecule has 3 heteroatoms. The molecule has 0 amide bonds. The van der Waals surface area contributed by atoms with Crippen molar-refractivity contribution in [3.05, 3.63) is 212 Å². The molecule has 11 rings (SSSR count). The van der Waals surface area contributed by atoms with Crippen LogP contribution in [0.25, 0.3) is 105 Å². The van der Waals surface area contributed by atoms with Crippen molar-refractivity contribution in [2.45, 2.75) is 0 Å². The summed E-state index contributed by atoms with van der Waals surface area (Å²) in [5.41, 5.74) is 13.2. The predicted octanol–water partition coefficient (Wildman–Crippen LogP) is 14.2. The summed E-state index contributed by atoms with van der Waals surface area (Å²) in [7, 11) is 0. The molecule has 0 bridgehead atoms. The lowest BCUT2D eigenvalue weighted by Gasteiger charge is -2.13. The number of para-hydroxylation sites is 2. The molecule has 2 heterocycles. The number of rotatable bonds is 6. The first-order chi connectivity index (χ1) is 28.2. The zero-order valence-electron chi connectivity index (χ0n) is 31.0. The molecule has 0 atom stereocenters. The molecular formula is C54H35N3. The van der Waals surface area contributed by atoms with E-state index >= 15 is 0 Å². The maximum absolute atomic E-state index is 5.22. The van der Waals surface area contributed by atoms with E-state index in [1.165, 1.54) is 54.5 Å². The summed E-state index contributed by atoms with van der Waals surface area (Å²) < 4.78 is 2.36. The third-order valence-electron chi connectivity index (χ3n) is 11.3. The van der Waals surface area contributed by atoms with Crippen LogP contribution in [-0.4, -0.2) is 14.5 Å². The van der Waals surface area contributed by atoms with Crippen LogP contribution in [0.2, 0.25) is 0 Å². The van der Waals surface area contributed by atoms with Gasteiger partial charge in [0.25, 0.3) is 0 Å². The number of fused-ring (bicyclic) bond motifs is 5. The smallest absolute Gasteiger partial charge is 0.160 e. The number of hydrogen-bond acceptors (Lipinski definition) is 2. The van der Waals surface area contributed by atoms with Gasteiger partial charge in [0.15, 0.2) is 5.82 Å².